The molecular formula is C47H89NO7. The molecule has 8 nitrogen and oxygen atoms in total. The zero-order chi connectivity index (χ0) is 40.1. The Hall–Kier alpha value is -1.74. The van der Waals surface area contributed by atoms with Crippen LogP contribution in [0.3, 0.4) is 0 Å². The third-order valence-electron chi connectivity index (χ3n) is 9.94. The molecule has 0 unspecified atom stereocenters. The number of hydrogen-bond acceptors (Lipinski definition) is 8. The summed E-state index contributed by atoms with van der Waals surface area (Å²) in [5.41, 5.74) is 0. The molecule has 0 bridgehead atoms. The van der Waals surface area contributed by atoms with Crippen LogP contribution in [0.25, 0.3) is 0 Å². The minimum Gasteiger partial charge on any atom is -0.466 e. The van der Waals surface area contributed by atoms with E-state index in [2.05, 4.69) is 50.0 Å². The molecule has 0 heterocycles. The van der Waals surface area contributed by atoms with Crippen LogP contribution in [0, 0.1) is 0 Å². The molecule has 0 amide bonds. The maximum absolute atomic E-state index is 12.5. The first-order valence-corrected chi connectivity index (χ1v) is 23.2. The summed E-state index contributed by atoms with van der Waals surface area (Å²) in [6, 6.07) is 0. The van der Waals surface area contributed by atoms with Crippen molar-refractivity contribution in [3.63, 3.8) is 0 Å². The quantitative estimate of drug-likeness (QED) is 0.0283. The summed E-state index contributed by atoms with van der Waals surface area (Å²) >= 11 is 0. The Bertz CT molecular complexity index is 840. The van der Waals surface area contributed by atoms with E-state index in [0.29, 0.717) is 52.2 Å². The Balaban J connectivity index is 3.95. The normalized spacial score (nSPS) is 11.9. The van der Waals surface area contributed by atoms with Gasteiger partial charge in [0.2, 0.25) is 0 Å². The number of carbonyl (C=O) groups excluding carboxylic acids is 2. The Kier molecular flexibility index (Phi) is 43.5. The first-order valence-electron chi connectivity index (χ1n) is 23.2. The van der Waals surface area contributed by atoms with Gasteiger partial charge in [0.05, 0.1) is 26.2 Å². The molecule has 0 aliphatic rings. The third kappa shape index (κ3) is 41.7. The van der Waals surface area contributed by atoms with Crippen LogP contribution in [0.1, 0.15) is 207 Å². The van der Waals surface area contributed by atoms with Crippen molar-refractivity contribution in [2.24, 2.45) is 0 Å². The molecule has 324 valence electrons. The van der Waals surface area contributed by atoms with Crippen molar-refractivity contribution in [2.45, 2.75) is 213 Å². The molecule has 0 atom stereocenters. The van der Waals surface area contributed by atoms with E-state index < -0.39 is 0 Å². The molecule has 0 aromatic heterocycles. The molecule has 55 heavy (non-hydrogen) atoms. The molecule has 0 spiro atoms. The third-order valence-corrected chi connectivity index (χ3v) is 9.94. The van der Waals surface area contributed by atoms with Crippen LogP contribution in [0.2, 0.25) is 0 Å². The van der Waals surface area contributed by atoms with Crippen molar-refractivity contribution in [1.29, 1.82) is 0 Å². The smallest absolute Gasteiger partial charge is 0.305 e. The molecular weight excluding hydrogens is 691 g/mol. The van der Waals surface area contributed by atoms with Gasteiger partial charge in [-0.2, -0.15) is 0 Å². The Labute approximate surface area is 339 Å². The molecule has 0 saturated heterocycles. The molecule has 0 aromatic rings. The number of allylic oxidation sites excluding steroid dienone is 4. The molecule has 0 aromatic carbocycles. The second-order valence-electron chi connectivity index (χ2n) is 15.2. The Morgan fingerprint density at radius 2 is 0.927 bits per heavy atom. The van der Waals surface area contributed by atoms with E-state index in [4.69, 9.17) is 18.9 Å². The molecule has 8 heteroatoms. The summed E-state index contributed by atoms with van der Waals surface area (Å²) in [5, 5.41) is 9.54. The minimum absolute atomic E-state index is 0.0409. The van der Waals surface area contributed by atoms with Crippen molar-refractivity contribution >= 4 is 11.9 Å². The molecule has 0 saturated carbocycles. The highest BCUT2D eigenvalue weighted by atomic mass is 16.7. The van der Waals surface area contributed by atoms with E-state index in [0.717, 1.165) is 135 Å². The molecule has 0 aliphatic carbocycles. The fourth-order valence-corrected chi connectivity index (χ4v) is 6.51. The summed E-state index contributed by atoms with van der Waals surface area (Å²) in [6.45, 7) is 11.8. The second kappa shape index (κ2) is 45.0. The number of rotatable bonds is 44. The van der Waals surface area contributed by atoms with Gasteiger partial charge in [-0.15, -0.1) is 0 Å². The number of carbonyl (C=O) groups is 2. The Morgan fingerprint density at radius 3 is 1.42 bits per heavy atom. The van der Waals surface area contributed by atoms with Gasteiger partial charge < -0.3 is 29.0 Å². The summed E-state index contributed by atoms with van der Waals surface area (Å²) in [4.78, 5) is 26.9. The lowest BCUT2D eigenvalue weighted by molar-refractivity contribution is -0.159. The lowest BCUT2D eigenvalue weighted by Crippen LogP contribution is -2.29. The summed E-state index contributed by atoms with van der Waals surface area (Å²) < 4.78 is 23.0. The van der Waals surface area contributed by atoms with E-state index in [-0.39, 0.29) is 24.8 Å². The zero-order valence-electron chi connectivity index (χ0n) is 36.4. The van der Waals surface area contributed by atoms with Crippen LogP contribution in [-0.4, -0.2) is 80.9 Å². The number of aliphatic hydroxyl groups excluding tert-OH is 1. The number of nitrogens with zero attached hydrogens (tertiary/aromatic N) is 1. The number of aliphatic hydroxyl groups is 1. The van der Waals surface area contributed by atoms with Crippen LogP contribution < -0.4 is 0 Å². The summed E-state index contributed by atoms with van der Waals surface area (Å²) in [5.74, 6) is -0.217. The average molecular weight is 780 g/mol. The van der Waals surface area contributed by atoms with Crippen molar-refractivity contribution in [1.82, 2.24) is 4.90 Å². The Morgan fingerprint density at radius 1 is 0.491 bits per heavy atom. The van der Waals surface area contributed by atoms with E-state index in [1.54, 1.807) is 0 Å². The summed E-state index contributed by atoms with van der Waals surface area (Å²) in [6.07, 6.45) is 39.2. The first kappa shape index (κ1) is 53.3. The second-order valence-corrected chi connectivity index (χ2v) is 15.2. The fourth-order valence-electron chi connectivity index (χ4n) is 6.51. The van der Waals surface area contributed by atoms with Crippen LogP contribution in [0.5, 0.6) is 0 Å². The van der Waals surface area contributed by atoms with E-state index in [9.17, 15) is 14.7 Å². The highest BCUT2D eigenvalue weighted by Gasteiger charge is 2.14. The summed E-state index contributed by atoms with van der Waals surface area (Å²) in [7, 11) is 0. The molecule has 0 aliphatic heterocycles. The van der Waals surface area contributed by atoms with Crippen LogP contribution in [-0.2, 0) is 28.5 Å². The number of ether oxygens (including phenoxy) is 4. The molecule has 0 radical (unpaired) electrons. The van der Waals surface area contributed by atoms with Gasteiger partial charge >= 0.3 is 11.9 Å². The number of esters is 2. The van der Waals surface area contributed by atoms with Gasteiger partial charge in [-0.25, -0.2) is 0 Å². The zero-order valence-corrected chi connectivity index (χ0v) is 36.4. The van der Waals surface area contributed by atoms with Crippen LogP contribution in [0.4, 0.5) is 0 Å². The van der Waals surface area contributed by atoms with Crippen molar-refractivity contribution in [3.8, 4) is 0 Å². The average Bonchev–Trinajstić information content (AvgIpc) is 3.18. The van der Waals surface area contributed by atoms with Gasteiger partial charge in [0, 0.05) is 32.6 Å². The fraction of sp³-hybridized carbons (Fsp3) is 0.872. The van der Waals surface area contributed by atoms with E-state index in [1.807, 2.05) is 0 Å². The van der Waals surface area contributed by atoms with E-state index in [1.165, 1.54) is 44.9 Å². The lowest BCUT2D eigenvalue weighted by Gasteiger charge is -2.21. The van der Waals surface area contributed by atoms with Crippen molar-refractivity contribution < 1.29 is 33.6 Å². The van der Waals surface area contributed by atoms with Gasteiger partial charge in [-0.05, 0) is 96.6 Å². The predicted octanol–water partition coefficient (Wildman–Crippen LogP) is 12.2. The first-order chi connectivity index (χ1) is 27.1. The van der Waals surface area contributed by atoms with Gasteiger partial charge in [0.15, 0.2) is 6.29 Å². The highest BCUT2D eigenvalue weighted by Crippen LogP contribution is 2.13. The molecule has 0 rings (SSSR count). The van der Waals surface area contributed by atoms with Gasteiger partial charge in [-0.1, -0.05) is 129 Å². The van der Waals surface area contributed by atoms with Crippen molar-refractivity contribution in [3.05, 3.63) is 24.3 Å². The monoisotopic (exact) mass is 780 g/mol. The predicted molar refractivity (Wildman–Crippen MR) is 230 cm³/mol. The van der Waals surface area contributed by atoms with Crippen LogP contribution >= 0.6 is 0 Å². The van der Waals surface area contributed by atoms with Crippen LogP contribution in [0.15, 0.2) is 24.3 Å². The van der Waals surface area contributed by atoms with Gasteiger partial charge in [-0.3, -0.25) is 9.59 Å². The van der Waals surface area contributed by atoms with Gasteiger partial charge in [0.1, 0.15) is 0 Å². The number of unbranched alkanes of at least 4 members (excludes halogenated alkanes) is 19. The SMILES string of the molecule is CC/C=C\CCCCOC(CCC(=O)OCCCCCCN(CCO)CCCCCCCC(=O)OCCCCCCCCCCC)OCCCC/C=C\CC. The lowest BCUT2D eigenvalue weighted by atomic mass is 10.1. The van der Waals surface area contributed by atoms with Gasteiger partial charge in [0.25, 0.3) is 0 Å². The topological polar surface area (TPSA) is 94.5 Å². The number of hydrogen-bond donors (Lipinski definition) is 1. The van der Waals surface area contributed by atoms with Crippen molar-refractivity contribution in [2.75, 3.05) is 52.7 Å². The maximum Gasteiger partial charge on any atom is 0.305 e. The highest BCUT2D eigenvalue weighted by molar-refractivity contribution is 5.69. The maximum atomic E-state index is 12.5. The largest absolute Gasteiger partial charge is 0.466 e. The minimum atomic E-state index is -0.360. The standard InChI is InChI=1S/C47H89NO7/c1-4-7-10-13-16-17-18-25-30-41-52-45(50)34-27-20-19-21-28-37-48(39-40-49)38-29-22-26-31-42-53-46(51)35-36-47(54-43-32-23-14-11-8-5-2)55-44-33-24-15-12-9-6-3/h8-9,11-12,47,49H,4-7,10,13-44H2,1-3H3/b11-8-,12-9-. The molecule has 1 N–H and O–H groups in total. The van der Waals surface area contributed by atoms with E-state index >= 15 is 0 Å². The molecule has 0 fully saturated rings.